The number of nitrogens with zero attached hydrogens (tertiary/aromatic N) is 1. The Bertz CT molecular complexity index is 801. The maximum absolute atomic E-state index is 12.2. The van der Waals surface area contributed by atoms with E-state index in [0.29, 0.717) is 17.0 Å². The van der Waals surface area contributed by atoms with Gasteiger partial charge in [-0.25, -0.2) is 4.98 Å². The van der Waals surface area contributed by atoms with Crippen molar-refractivity contribution >= 4 is 27.0 Å². The predicted molar refractivity (Wildman–Crippen MR) is 78.5 cm³/mol. The summed E-state index contributed by atoms with van der Waals surface area (Å²) < 4.78 is 35.4. The fraction of sp³-hybridized carbons (Fsp3) is 0.133. The Hall–Kier alpha value is -1.95. The third kappa shape index (κ3) is 2.76. The molecule has 0 spiro atoms. The van der Waals surface area contributed by atoms with Crippen molar-refractivity contribution in [3.05, 3.63) is 46.4 Å². The van der Waals surface area contributed by atoms with Gasteiger partial charge in [-0.1, -0.05) is 22.0 Å². The van der Waals surface area contributed by atoms with Gasteiger partial charge in [0.1, 0.15) is 11.3 Å². The SMILES string of the molecule is Cc1c(Br)cccc1-c1nc2ccc(OC(F)F)cc2o1. The number of rotatable bonds is 3. The van der Waals surface area contributed by atoms with E-state index in [4.69, 9.17) is 4.42 Å². The second kappa shape index (κ2) is 5.44. The van der Waals surface area contributed by atoms with Crippen LogP contribution in [0.15, 0.2) is 45.3 Å². The molecule has 0 bridgehead atoms. The highest BCUT2D eigenvalue weighted by Crippen LogP contribution is 2.31. The molecule has 2 aromatic carbocycles. The minimum Gasteiger partial charge on any atom is -0.436 e. The van der Waals surface area contributed by atoms with Crippen LogP contribution in [0.1, 0.15) is 5.56 Å². The molecule has 0 saturated carbocycles. The number of alkyl halides is 2. The molecule has 21 heavy (non-hydrogen) atoms. The number of aromatic nitrogens is 1. The number of ether oxygens (including phenoxy) is 1. The van der Waals surface area contributed by atoms with E-state index >= 15 is 0 Å². The molecule has 0 saturated heterocycles. The molecule has 0 radical (unpaired) electrons. The smallest absolute Gasteiger partial charge is 0.387 e. The Labute approximate surface area is 127 Å². The third-order valence-electron chi connectivity index (χ3n) is 3.08. The Balaban J connectivity index is 2.06. The standard InChI is InChI=1S/C15H10BrF2NO2/c1-8-10(3-2-4-11(8)16)14-19-12-6-5-9(20-15(17)18)7-13(12)21-14/h2-7,15H,1H3. The summed E-state index contributed by atoms with van der Waals surface area (Å²) in [6, 6.07) is 10.1. The Kier molecular flexibility index (Phi) is 3.63. The summed E-state index contributed by atoms with van der Waals surface area (Å²) in [6.07, 6.45) is 0. The average molecular weight is 354 g/mol. The van der Waals surface area contributed by atoms with Crippen LogP contribution in [0.25, 0.3) is 22.6 Å². The van der Waals surface area contributed by atoms with Crippen molar-refractivity contribution in [2.45, 2.75) is 13.5 Å². The van der Waals surface area contributed by atoms with Crippen LogP contribution in [-0.4, -0.2) is 11.6 Å². The van der Waals surface area contributed by atoms with E-state index < -0.39 is 6.61 Å². The normalized spacial score (nSPS) is 11.3. The maximum atomic E-state index is 12.2. The van der Waals surface area contributed by atoms with Crippen LogP contribution >= 0.6 is 15.9 Å². The Morgan fingerprint density at radius 3 is 2.81 bits per heavy atom. The first-order valence-corrected chi connectivity index (χ1v) is 6.95. The first-order valence-electron chi connectivity index (χ1n) is 6.15. The van der Waals surface area contributed by atoms with Crippen LogP contribution in [0.5, 0.6) is 5.75 Å². The Morgan fingerprint density at radius 2 is 2.05 bits per heavy atom. The van der Waals surface area contributed by atoms with Crippen LogP contribution in [0, 0.1) is 6.92 Å². The van der Waals surface area contributed by atoms with Crippen LogP contribution in [0.2, 0.25) is 0 Å². The van der Waals surface area contributed by atoms with Crippen LogP contribution in [0.3, 0.4) is 0 Å². The van der Waals surface area contributed by atoms with Gasteiger partial charge in [-0.2, -0.15) is 8.78 Å². The molecule has 108 valence electrons. The van der Waals surface area contributed by atoms with Gasteiger partial charge in [-0.3, -0.25) is 0 Å². The quantitative estimate of drug-likeness (QED) is 0.651. The minimum absolute atomic E-state index is 0.0474. The van der Waals surface area contributed by atoms with Crippen molar-refractivity contribution in [1.82, 2.24) is 4.98 Å². The molecule has 0 fully saturated rings. The first kappa shape index (κ1) is 14.0. The zero-order valence-electron chi connectivity index (χ0n) is 10.9. The molecule has 3 nitrogen and oxygen atoms in total. The first-order chi connectivity index (χ1) is 10.0. The molecule has 0 amide bonds. The van der Waals surface area contributed by atoms with Crippen LogP contribution < -0.4 is 4.74 Å². The lowest BCUT2D eigenvalue weighted by atomic mass is 10.1. The van der Waals surface area contributed by atoms with Crippen molar-refractivity contribution in [3.8, 4) is 17.2 Å². The van der Waals surface area contributed by atoms with E-state index in [2.05, 4.69) is 25.7 Å². The molecule has 0 N–H and O–H groups in total. The van der Waals surface area contributed by atoms with E-state index in [1.807, 2.05) is 25.1 Å². The highest BCUT2D eigenvalue weighted by Gasteiger charge is 2.13. The molecular formula is C15H10BrF2NO2. The van der Waals surface area contributed by atoms with Gasteiger partial charge < -0.3 is 9.15 Å². The largest absolute Gasteiger partial charge is 0.436 e. The van der Waals surface area contributed by atoms with Gasteiger partial charge in [0.05, 0.1) is 0 Å². The molecular weight excluding hydrogens is 344 g/mol. The number of hydrogen-bond donors (Lipinski definition) is 0. The van der Waals surface area contributed by atoms with Gasteiger partial charge in [0.2, 0.25) is 5.89 Å². The van der Waals surface area contributed by atoms with Gasteiger partial charge >= 0.3 is 6.61 Å². The summed E-state index contributed by atoms with van der Waals surface area (Å²) in [5.41, 5.74) is 2.83. The number of hydrogen-bond acceptors (Lipinski definition) is 3. The molecule has 0 aliphatic heterocycles. The molecule has 3 aromatic rings. The second-order valence-corrected chi connectivity index (χ2v) is 5.29. The van der Waals surface area contributed by atoms with Crippen molar-refractivity contribution < 1.29 is 17.9 Å². The lowest BCUT2D eigenvalue weighted by Crippen LogP contribution is -2.01. The Morgan fingerprint density at radius 1 is 1.24 bits per heavy atom. The monoisotopic (exact) mass is 353 g/mol. The van der Waals surface area contributed by atoms with Crippen molar-refractivity contribution in [3.63, 3.8) is 0 Å². The molecule has 6 heteroatoms. The van der Waals surface area contributed by atoms with E-state index in [1.165, 1.54) is 12.1 Å². The van der Waals surface area contributed by atoms with Gasteiger partial charge in [-0.15, -0.1) is 0 Å². The zero-order valence-corrected chi connectivity index (χ0v) is 12.5. The van der Waals surface area contributed by atoms with Gasteiger partial charge in [0, 0.05) is 16.1 Å². The summed E-state index contributed by atoms with van der Waals surface area (Å²) in [6.45, 7) is -0.920. The number of oxazole rings is 1. The van der Waals surface area contributed by atoms with Gasteiger partial charge in [0.15, 0.2) is 5.58 Å². The second-order valence-electron chi connectivity index (χ2n) is 4.44. The van der Waals surface area contributed by atoms with Crippen LogP contribution in [0.4, 0.5) is 8.78 Å². The topological polar surface area (TPSA) is 35.3 Å². The van der Waals surface area contributed by atoms with E-state index in [-0.39, 0.29) is 5.75 Å². The highest BCUT2D eigenvalue weighted by molar-refractivity contribution is 9.10. The average Bonchev–Trinajstić information content (AvgIpc) is 2.84. The molecule has 0 unspecified atom stereocenters. The van der Waals surface area contributed by atoms with Gasteiger partial charge in [-0.05, 0) is 36.8 Å². The summed E-state index contributed by atoms with van der Waals surface area (Å²) in [4.78, 5) is 4.37. The fourth-order valence-electron chi connectivity index (χ4n) is 2.04. The molecule has 0 atom stereocenters. The number of fused-ring (bicyclic) bond motifs is 1. The van der Waals surface area contributed by atoms with Crippen molar-refractivity contribution in [2.24, 2.45) is 0 Å². The zero-order chi connectivity index (χ0) is 15.0. The maximum Gasteiger partial charge on any atom is 0.387 e. The van der Waals surface area contributed by atoms with Crippen molar-refractivity contribution in [2.75, 3.05) is 0 Å². The molecule has 0 aliphatic carbocycles. The summed E-state index contributed by atoms with van der Waals surface area (Å²) in [5.74, 6) is 0.490. The fourth-order valence-corrected chi connectivity index (χ4v) is 2.40. The van der Waals surface area contributed by atoms with E-state index in [9.17, 15) is 8.78 Å². The molecule has 1 heterocycles. The minimum atomic E-state index is -2.86. The van der Waals surface area contributed by atoms with E-state index in [1.54, 1.807) is 6.07 Å². The predicted octanol–water partition coefficient (Wildman–Crippen LogP) is 5.17. The lowest BCUT2D eigenvalue weighted by Gasteiger charge is -2.03. The number of benzene rings is 2. The summed E-state index contributed by atoms with van der Waals surface area (Å²) in [7, 11) is 0. The number of halogens is 3. The third-order valence-corrected chi connectivity index (χ3v) is 3.94. The molecule has 0 aliphatic rings. The molecule has 1 aromatic heterocycles. The van der Waals surface area contributed by atoms with Crippen LogP contribution in [-0.2, 0) is 0 Å². The van der Waals surface area contributed by atoms with Gasteiger partial charge in [0.25, 0.3) is 0 Å². The molecule has 3 rings (SSSR count). The van der Waals surface area contributed by atoms with E-state index in [0.717, 1.165) is 15.6 Å². The summed E-state index contributed by atoms with van der Waals surface area (Å²) in [5, 5.41) is 0. The highest BCUT2D eigenvalue weighted by atomic mass is 79.9. The van der Waals surface area contributed by atoms with Crippen molar-refractivity contribution in [1.29, 1.82) is 0 Å². The lowest BCUT2D eigenvalue weighted by molar-refractivity contribution is -0.0497. The summed E-state index contributed by atoms with van der Waals surface area (Å²) >= 11 is 3.45.